The Morgan fingerprint density at radius 2 is 0.735 bits per heavy atom. The standard InChI is InChI=1S/C14H10O6S.2C13H22N/c15-13(16)9-1-5-11(6-2-9)21(19,20)12-7-3-10(4-8-12)14(17)18;2*1-4-14(5-2,6-3)12-13-10-8-7-9-11-13/h1-8H,(H,15,16)(H,17,18);2*7-11H,4-6,12H2,1-3H3/q;2*+1. The molecule has 9 heteroatoms. The molecule has 0 aliphatic carbocycles. The number of nitrogens with zero attached hydrogens (tertiary/aromatic N) is 2. The summed E-state index contributed by atoms with van der Waals surface area (Å²) in [6.07, 6.45) is 0. The van der Waals surface area contributed by atoms with Gasteiger partial charge in [-0.3, -0.25) is 0 Å². The zero-order valence-corrected chi connectivity index (χ0v) is 30.7. The highest BCUT2D eigenvalue weighted by molar-refractivity contribution is 7.91. The molecule has 2 N–H and O–H groups in total. The quantitative estimate of drug-likeness (QED) is 0.130. The first-order valence-electron chi connectivity index (χ1n) is 17.0. The molecule has 0 aliphatic rings. The summed E-state index contributed by atoms with van der Waals surface area (Å²) in [6, 6.07) is 31.2. The van der Waals surface area contributed by atoms with Crippen LogP contribution < -0.4 is 0 Å². The zero-order valence-electron chi connectivity index (χ0n) is 29.9. The Hall–Kier alpha value is -4.31. The lowest BCUT2D eigenvalue weighted by molar-refractivity contribution is -0.936. The van der Waals surface area contributed by atoms with Crippen LogP contribution in [0, 0.1) is 0 Å². The van der Waals surface area contributed by atoms with E-state index in [9.17, 15) is 18.0 Å². The number of benzene rings is 4. The topological polar surface area (TPSA) is 109 Å². The Morgan fingerprint density at radius 1 is 0.469 bits per heavy atom. The molecule has 0 saturated carbocycles. The molecule has 0 amide bonds. The van der Waals surface area contributed by atoms with E-state index in [1.165, 1.54) is 121 Å². The molecule has 0 fully saturated rings. The van der Waals surface area contributed by atoms with Gasteiger partial charge in [0.2, 0.25) is 9.84 Å². The fraction of sp³-hybridized carbons (Fsp3) is 0.350. The largest absolute Gasteiger partial charge is 0.478 e. The number of hydrogen-bond acceptors (Lipinski definition) is 4. The molecular formula is C40H54N2O6S+2. The van der Waals surface area contributed by atoms with Gasteiger partial charge in [0.15, 0.2) is 0 Å². The Balaban J connectivity index is 0.000000264. The van der Waals surface area contributed by atoms with E-state index in [4.69, 9.17) is 10.2 Å². The number of quaternary nitrogens is 2. The van der Waals surface area contributed by atoms with Gasteiger partial charge in [0.05, 0.1) is 60.2 Å². The van der Waals surface area contributed by atoms with Crippen molar-refractivity contribution in [3.8, 4) is 0 Å². The van der Waals surface area contributed by atoms with Crippen molar-refractivity contribution in [3.05, 3.63) is 131 Å². The van der Waals surface area contributed by atoms with Crippen molar-refractivity contribution < 1.29 is 37.2 Å². The second kappa shape index (κ2) is 19.6. The Kier molecular flexibility index (Phi) is 16.4. The van der Waals surface area contributed by atoms with Crippen LogP contribution in [0.1, 0.15) is 73.4 Å². The Labute approximate surface area is 293 Å². The Morgan fingerprint density at radius 3 is 0.959 bits per heavy atom. The summed E-state index contributed by atoms with van der Waals surface area (Å²) < 4.78 is 27.0. The average molecular weight is 691 g/mol. The molecule has 0 atom stereocenters. The Bertz CT molecular complexity index is 1530. The smallest absolute Gasteiger partial charge is 0.335 e. The first-order valence-corrected chi connectivity index (χ1v) is 18.5. The highest BCUT2D eigenvalue weighted by Crippen LogP contribution is 2.22. The summed E-state index contributed by atoms with van der Waals surface area (Å²) in [5, 5.41) is 17.5. The fourth-order valence-corrected chi connectivity index (χ4v) is 6.90. The molecule has 0 saturated heterocycles. The zero-order chi connectivity index (χ0) is 36.5. The third-order valence-corrected chi connectivity index (χ3v) is 11.4. The van der Waals surface area contributed by atoms with E-state index in [2.05, 4.69) is 102 Å². The van der Waals surface area contributed by atoms with Gasteiger partial charge in [-0.2, -0.15) is 0 Å². The predicted octanol–water partition coefficient (Wildman–Crippen LogP) is 8.04. The van der Waals surface area contributed by atoms with E-state index in [0.29, 0.717) is 0 Å². The monoisotopic (exact) mass is 690 g/mol. The molecular weight excluding hydrogens is 637 g/mol. The van der Waals surface area contributed by atoms with Crippen LogP contribution >= 0.6 is 0 Å². The summed E-state index contributed by atoms with van der Waals surface area (Å²) >= 11 is 0. The summed E-state index contributed by atoms with van der Waals surface area (Å²) in [6.45, 7) is 23.4. The lowest BCUT2D eigenvalue weighted by atomic mass is 10.2. The van der Waals surface area contributed by atoms with Crippen molar-refractivity contribution in [1.29, 1.82) is 0 Å². The molecule has 0 aliphatic heterocycles. The lowest BCUT2D eigenvalue weighted by Crippen LogP contribution is -2.46. The maximum absolute atomic E-state index is 12.3. The molecule has 0 radical (unpaired) electrons. The van der Waals surface area contributed by atoms with Gasteiger partial charge in [-0.1, -0.05) is 60.7 Å². The molecule has 264 valence electrons. The molecule has 49 heavy (non-hydrogen) atoms. The number of rotatable bonds is 14. The normalized spacial score (nSPS) is 11.4. The van der Waals surface area contributed by atoms with Crippen LogP contribution in [0.2, 0.25) is 0 Å². The molecule has 0 unspecified atom stereocenters. The van der Waals surface area contributed by atoms with E-state index < -0.39 is 21.8 Å². The SMILES string of the molecule is CC[N+](CC)(CC)Cc1ccccc1.CC[N+](CC)(CC)Cc1ccccc1.O=C(O)c1ccc(S(=O)(=O)c2ccc(C(=O)O)cc2)cc1. The third-order valence-electron chi connectivity index (χ3n) is 9.57. The van der Waals surface area contributed by atoms with Gasteiger partial charge < -0.3 is 19.2 Å². The van der Waals surface area contributed by atoms with Crippen molar-refractivity contribution in [1.82, 2.24) is 0 Å². The summed E-state index contributed by atoms with van der Waals surface area (Å²) in [4.78, 5) is 21.3. The van der Waals surface area contributed by atoms with Crippen LogP contribution in [0.25, 0.3) is 0 Å². The van der Waals surface area contributed by atoms with Crippen molar-refractivity contribution in [2.24, 2.45) is 0 Å². The number of carboxylic acids is 2. The molecule has 4 aromatic carbocycles. The highest BCUT2D eigenvalue weighted by atomic mass is 32.2. The van der Waals surface area contributed by atoms with E-state index in [-0.39, 0.29) is 20.9 Å². The number of aromatic carboxylic acids is 2. The van der Waals surface area contributed by atoms with Crippen molar-refractivity contribution in [2.75, 3.05) is 39.3 Å². The summed E-state index contributed by atoms with van der Waals surface area (Å²) in [5.74, 6) is -2.30. The third kappa shape index (κ3) is 12.0. The molecule has 8 nitrogen and oxygen atoms in total. The predicted molar refractivity (Wildman–Crippen MR) is 196 cm³/mol. The van der Waals surface area contributed by atoms with Crippen LogP contribution in [0.5, 0.6) is 0 Å². The average Bonchev–Trinajstić information content (AvgIpc) is 3.14. The first kappa shape index (κ1) is 40.9. The van der Waals surface area contributed by atoms with Crippen LogP contribution in [0.3, 0.4) is 0 Å². The van der Waals surface area contributed by atoms with Crippen LogP contribution in [-0.4, -0.2) is 78.8 Å². The molecule has 0 bridgehead atoms. The molecule has 0 heterocycles. The first-order chi connectivity index (χ1) is 23.3. The van der Waals surface area contributed by atoms with Gasteiger partial charge in [-0.15, -0.1) is 0 Å². The van der Waals surface area contributed by atoms with E-state index in [1.54, 1.807) is 0 Å². The number of hydrogen-bond donors (Lipinski definition) is 2. The van der Waals surface area contributed by atoms with Crippen LogP contribution in [0.15, 0.2) is 119 Å². The maximum Gasteiger partial charge on any atom is 0.335 e. The fourth-order valence-electron chi connectivity index (χ4n) is 5.64. The highest BCUT2D eigenvalue weighted by Gasteiger charge is 2.22. The van der Waals surface area contributed by atoms with Gasteiger partial charge in [0.1, 0.15) is 13.1 Å². The molecule has 0 spiro atoms. The second-order valence-electron chi connectivity index (χ2n) is 12.0. The number of carboxylic acid groups (broad SMARTS) is 2. The second-order valence-corrected chi connectivity index (χ2v) is 14.0. The van der Waals surface area contributed by atoms with Crippen molar-refractivity contribution >= 4 is 21.8 Å². The lowest BCUT2D eigenvalue weighted by Gasteiger charge is -2.35. The van der Waals surface area contributed by atoms with Crippen molar-refractivity contribution in [3.63, 3.8) is 0 Å². The molecule has 4 aromatic rings. The molecule has 4 rings (SSSR count). The van der Waals surface area contributed by atoms with Crippen LogP contribution in [0.4, 0.5) is 0 Å². The van der Waals surface area contributed by atoms with E-state index >= 15 is 0 Å². The maximum atomic E-state index is 12.3. The van der Waals surface area contributed by atoms with Gasteiger partial charge in [-0.25, -0.2) is 18.0 Å². The summed E-state index contributed by atoms with van der Waals surface area (Å²) in [5.41, 5.74) is 2.88. The minimum atomic E-state index is -3.81. The van der Waals surface area contributed by atoms with Gasteiger partial charge >= 0.3 is 11.9 Å². The van der Waals surface area contributed by atoms with Gasteiger partial charge in [0.25, 0.3) is 0 Å². The van der Waals surface area contributed by atoms with Gasteiger partial charge in [-0.05, 0) is 90.1 Å². The van der Waals surface area contributed by atoms with Gasteiger partial charge in [0, 0.05) is 11.1 Å². The van der Waals surface area contributed by atoms with Crippen LogP contribution in [-0.2, 0) is 22.9 Å². The van der Waals surface area contributed by atoms with Crippen molar-refractivity contribution in [2.45, 2.75) is 64.4 Å². The number of sulfone groups is 1. The van der Waals surface area contributed by atoms with E-state index in [1.807, 2.05) is 0 Å². The minimum absolute atomic E-state index is 0.0184. The number of carbonyl (C=O) groups is 2. The van der Waals surface area contributed by atoms with E-state index in [0.717, 1.165) is 0 Å². The minimum Gasteiger partial charge on any atom is -0.478 e. The summed E-state index contributed by atoms with van der Waals surface area (Å²) in [7, 11) is -3.81. The molecule has 0 aromatic heterocycles.